The normalized spacial score (nSPS) is 10.9. The van der Waals surface area contributed by atoms with Gasteiger partial charge in [-0.25, -0.2) is 0 Å². The zero-order valence-electron chi connectivity index (χ0n) is 11.3. The first-order valence-corrected chi connectivity index (χ1v) is 6.83. The van der Waals surface area contributed by atoms with Crippen molar-refractivity contribution in [3.63, 3.8) is 0 Å². The van der Waals surface area contributed by atoms with Gasteiger partial charge in [-0.2, -0.15) is 5.10 Å². The topological polar surface area (TPSA) is 47.6 Å². The molecular formula is C15H24N2O. The highest BCUT2D eigenvalue weighted by atomic mass is 16.5. The monoisotopic (exact) mass is 248 g/mol. The number of benzene rings is 1. The van der Waals surface area contributed by atoms with Gasteiger partial charge in [0.2, 0.25) is 0 Å². The fraction of sp³-hybridized carbons (Fsp3) is 0.533. The fourth-order valence-corrected chi connectivity index (χ4v) is 1.81. The summed E-state index contributed by atoms with van der Waals surface area (Å²) in [6, 6.07) is 7.81. The molecule has 0 heterocycles. The van der Waals surface area contributed by atoms with Crippen molar-refractivity contribution in [1.82, 2.24) is 0 Å². The molecule has 0 aromatic heterocycles. The molecule has 0 saturated heterocycles. The molecule has 3 nitrogen and oxygen atoms in total. The quantitative estimate of drug-likeness (QED) is 0.313. The molecule has 3 heteroatoms. The smallest absolute Gasteiger partial charge is 0.119 e. The van der Waals surface area contributed by atoms with Crippen molar-refractivity contribution in [2.45, 2.75) is 45.4 Å². The Morgan fingerprint density at radius 2 is 1.72 bits per heavy atom. The van der Waals surface area contributed by atoms with E-state index >= 15 is 0 Å². The third kappa shape index (κ3) is 6.28. The molecule has 0 amide bonds. The van der Waals surface area contributed by atoms with Crippen LogP contribution in [-0.4, -0.2) is 12.8 Å². The maximum atomic E-state index is 5.67. The van der Waals surface area contributed by atoms with E-state index in [1.165, 1.54) is 32.1 Å². The van der Waals surface area contributed by atoms with Gasteiger partial charge >= 0.3 is 0 Å². The van der Waals surface area contributed by atoms with Crippen LogP contribution in [-0.2, 0) is 0 Å². The highest BCUT2D eigenvalue weighted by Gasteiger charge is 1.94. The van der Waals surface area contributed by atoms with Crippen molar-refractivity contribution < 1.29 is 4.74 Å². The Bertz CT molecular complexity index is 333. The minimum absolute atomic E-state index is 0.802. The van der Waals surface area contributed by atoms with E-state index in [0.29, 0.717) is 0 Å². The highest BCUT2D eigenvalue weighted by Crippen LogP contribution is 2.12. The molecule has 0 unspecified atom stereocenters. The molecule has 1 aromatic carbocycles. The first-order chi connectivity index (χ1) is 8.86. The van der Waals surface area contributed by atoms with Gasteiger partial charge in [-0.15, -0.1) is 0 Å². The molecule has 0 saturated carbocycles. The maximum Gasteiger partial charge on any atom is 0.119 e. The summed E-state index contributed by atoms with van der Waals surface area (Å²) in [5, 5.41) is 3.48. The summed E-state index contributed by atoms with van der Waals surface area (Å²) in [5.74, 6) is 6.00. The second-order valence-electron chi connectivity index (χ2n) is 4.46. The number of hydrazone groups is 1. The second kappa shape index (κ2) is 9.51. The van der Waals surface area contributed by atoms with Crippen LogP contribution in [0.2, 0.25) is 0 Å². The maximum absolute atomic E-state index is 5.67. The van der Waals surface area contributed by atoms with Gasteiger partial charge in [0, 0.05) is 0 Å². The van der Waals surface area contributed by atoms with Crippen LogP contribution >= 0.6 is 0 Å². The number of hydrogen-bond donors (Lipinski definition) is 1. The van der Waals surface area contributed by atoms with Gasteiger partial charge in [-0.05, 0) is 36.2 Å². The predicted molar refractivity (Wildman–Crippen MR) is 77.1 cm³/mol. The SMILES string of the molecule is CCCCCCCCOc1ccc(C=NN)cc1. The number of ether oxygens (including phenoxy) is 1. The first-order valence-electron chi connectivity index (χ1n) is 6.83. The summed E-state index contributed by atoms with van der Waals surface area (Å²) in [7, 11) is 0. The molecule has 0 aliphatic rings. The minimum atomic E-state index is 0.802. The van der Waals surface area contributed by atoms with Gasteiger partial charge in [0.25, 0.3) is 0 Å². The van der Waals surface area contributed by atoms with Crippen molar-refractivity contribution in [3.8, 4) is 5.75 Å². The Labute approximate surface area is 110 Å². The summed E-state index contributed by atoms with van der Waals surface area (Å²) in [4.78, 5) is 0. The van der Waals surface area contributed by atoms with Crippen molar-refractivity contribution in [3.05, 3.63) is 29.8 Å². The van der Waals surface area contributed by atoms with Crippen molar-refractivity contribution in [2.24, 2.45) is 10.9 Å². The average Bonchev–Trinajstić information content (AvgIpc) is 2.40. The van der Waals surface area contributed by atoms with E-state index in [-0.39, 0.29) is 0 Å². The number of rotatable bonds is 9. The van der Waals surface area contributed by atoms with Crippen LogP contribution in [0.3, 0.4) is 0 Å². The Hall–Kier alpha value is -1.51. The number of unbranched alkanes of at least 4 members (excludes halogenated alkanes) is 5. The molecule has 18 heavy (non-hydrogen) atoms. The third-order valence-corrected chi connectivity index (χ3v) is 2.87. The highest BCUT2D eigenvalue weighted by molar-refractivity contribution is 5.79. The van der Waals surface area contributed by atoms with E-state index in [0.717, 1.165) is 24.3 Å². The zero-order valence-corrected chi connectivity index (χ0v) is 11.3. The summed E-state index contributed by atoms with van der Waals surface area (Å²) in [6.07, 6.45) is 9.35. The average molecular weight is 248 g/mol. The number of nitrogens with two attached hydrogens (primary N) is 1. The fourth-order valence-electron chi connectivity index (χ4n) is 1.81. The standard InChI is InChI=1S/C15H24N2O/c1-2-3-4-5-6-7-12-18-15-10-8-14(9-11-15)13-17-16/h8-11,13H,2-7,12,16H2,1H3. The summed E-state index contributed by atoms with van der Waals surface area (Å²) in [6.45, 7) is 3.04. The molecule has 2 N–H and O–H groups in total. The second-order valence-corrected chi connectivity index (χ2v) is 4.46. The molecule has 1 rings (SSSR count). The van der Waals surface area contributed by atoms with Gasteiger partial charge in [-0.1, -0.05) is 39.0 Å². The van der Waals surface area contributed by atoms with Gasteiger partial charge in [0.1, 0.15) is 5.75 Å². The number of nitrogens with zero attached hydrogens (tertiary/aromatic N) is 1. The van der Waals surface area contributed by atoms with Gasteiger partial charge in [-0.3, -0.25) is 0 Å². The zero-order chi connectivity index (χ0) is 13.1. The van der Waals surface area contributed by atoms with Crippen molar-refractivity contribution in [1.29, 1.82) is 0 Å². The first kappa shape index (κ1) is 14.6. The predicted octanol–water partition coefficient (Wildman–Crippen LogP) is 3.72. The van der Waals surface area contributed by atoms with Crippen LogP contribution in [0.15, 0.2) is 29.4 Å². The van der Waals surface area contributed by atoms with E-state index < -0.39 is 0 Å². The van der Waals surface area contributed by atoms with Crippen LogP contribution in [0.5, 0.6) is 5.75 Å². The molecule has 0 spiro atoms. The van der Waals surface area contributed by atoms with E-state index in [1.54, 1.807) is 6.21 Å². The molecule has 100 valence electrons. The minimum Gasteiger partial charge on any atom is -0.494 e. The molecule has 0 fully saturated rings. The van der Waals surface area contributed by atoms with E-state index in [2.05, 4.69) is 12.0 Å². The lowest BCUT2D eigenvalue weighted by Gasteiger charge is -2.06. The molecule has 0 aliphatic carbocycles. The van der Waals surface area contributed by atoms with Crippen LogP contribution < -0.4 is 10.6 Å². The van der Waals surface area contributed by atoms with Crippen LogP contribution in [0.25, 0.3) is 0 Å². The molecule has 0 atom stereocenters. The van der Waals surface area contributed by atoms with E-state index in [9.17, 15) is 0 Å². The largest absolute Gasteiger partial charge is 0.494 e. The Morgan fingerprint density at radius 3 is 2.39 bits per heavy atom. The lowest BCUT2D eigenvalue weighted by atomic mass is 10.1. The van der Waals surface area contributed by atoms with E-state index in [1.807, 2.05) is 24.3 Å². The summed E-state index contributed by atoms with van der Waals surface area (Å²) in [5.41, 5.74) is 0.990. The molecule has 0 bridgehead atoms. The van der Waals surface area contributed by atoms with Gasteiger partial charge < -0.3 is 10.6 Å². The lowest BCUT2D eigenvalue weighted by Crippen LogP contribution is -1.97. The molecular weight excluding hydrogens is 224 g/mol. The molecule has 1 aromatic rings. The Morgan fingerprint density at radius 1 is 1.06 bits per heavy atom. The Balaban J connectivity index is 2.11. The van der Waals surface area contributed by atoms with Gasteiger partial charge in [0.05, 0.1) is 12.8 Å². The lowest BCUT2D eigenvalue weighted by molar-refractivity contribution is 0.304. The summed E-state index contributed by atoms with van der Waals surface area (Å²) >= 11 is 0. The van der Waals surface area contributed by atoms with Crippen LogP contribution in [0, 0.1) is 0 Å². The van der Waals surface area contributed by atoms with E-state index in [4.69, 9.17) is 10.6 Å². The van der Waals surface area contributed by atoms with Crippen LogP contribution in [0.1, 0.15) is 51.0 Å². The summed E-state index contributed by atoms with van der Waals surface area (Å²) < 4.78 is 5.67. The Kier molecular flexibility index (Phi) is 7.69. The van der Waals surface area contributed by atoms with Crippen LogP contribution in [0.4, 0.5) is 0 Å². The molecule has 0 radical (unpaired) electrons. The third-order valence-electron chi connectivity index (χ3n) is 2.87. The van der Waals surface area contributed by atoms with Crippen molar-refractivity contribution in [2.75, 3.05) is 6.61 Å². The molecule has 0 aliphatic heterocycles. The number of hydrogen-bond acceptors (Lipinski definition) is 3. The van der Waals surface area contributed by atoms with Gasteiger partial charge in [0.15, 0.2) is 0 Å². The van der Waals surface area contributed by atoms with Crippen molar-refractivity contribution >= 4 is 6.21 Å².